The van der Waals surface area contributed by atoms with E-state index in [0.717, 1.165) is 26.4 Å². The molecule has 6 heteroatoms. The van der Waals surface area contributed by atoms with Gasteiger partial charge in [0, 0.05) is 19.8 Å². The van der Waals surface area contributed by atoms with Crippen molar-refractivity contribution in [2.24, 2.45) is 5.92 Å². The second-order valence-electron chi connectivity index (χ2n) is 5.24. The van der Waals surface area contributed by atoms with Gasteiger partial charge in [-0.15, -0.1) is 0 Å². The number of halogens is 2. The van der Waals surface area contributed by atoms with Crippen molar-refractivity contribution >= 4 is 38.1 Å². The lowest BCUT2D eigenvalue weighted by molar-refractivity contribution is -0.484. The molecule has 2 unspecified atom stereocenters. The SMILES string of the molecule is O=CC(Cc1ccccc1Br)C(C[N+](=O)[O-])c1ccccc1Br. The number of nitrogens with zero attached hydrogens (tertiary/aromatic N) is 1. The first-order valence-corrected chi connectivity index (χ1v) is 8.66. The predicted molar refractivity (Wildman–Crippen MR) is 96.1 cm³/mol. The van der Waals surface area contributed by atoms with Crippen molar-refractivity contribution in [1.29, 1.82) is 0 Å². The zero-order valence-corrected chi connectivity index (χ0v) is 15.4. The number of carbonyl (C=O) groups excluding carboxylic acids is 1. The lowest BCUT2D eigenvalue weighted by Crippen LogP contribution is -2.24. The molecule has 0 aliphatic rings. The molecule has 0 spiro atoms. The molecule has 0 radical (unpaired) electrons. The summed E-state index contributed by atoms with van der Waals surface area (Å²) in [6.07, 6.45) is 1.28. The Morgan fingerprint density at radius 2 is 1.65 bits per heavy atom. The molecule has 0 amide bonds. The fraction of sp³-hybridized carbons (Fsp3) is 0.235. The molecule has 0 aliphatic carbocycles. The Balaban J connectivity index is 2.36. The summed E-state index contributed by atoms with van der Waals surface area (Å²) < 4.78 is 1.68. The van der Waals surface area contributed by atoms with Gasteiger partial charge < -0.3 is 4.79 Å². The molecule has 2 aromatic carbocycles. The molecule has 0 saturated carbocycles. The van der Waals surface area contributed by atoms with Crippen LogP contribution in [-0.4, -0.2) is 17.8 Å². The van der Waals surface area contributed by atoms with Gasteiger partial charge in [-0.1, -0.05) is 68.3 Å². The van der Waals surface area contributed by atoms with E-state index in [0.29, 0.717) is 6.42 Å². The van der Waals surface area contributed by atoms with E-state index in [2.05, 4.69) is 31.9 Å². The highest BCUT2D eigenvalue weighted by Crippen LogP contribution is 2.33. The van der Waals surface area contributed by atoms with Gasteiger partial charge in [-0.3, -0.25) is 10.1 Å². The van der Waals surface area contributed by atoms with E-state index in [9.17, 15) is 14.9 Å². The summed E-state index contributed by atoms with van der Waals surface area (Å²) in [5.74, 6) is -0.956. The Labute approximate surface area is 151 Å². The monoisotopic (exact) mass is 439 g/mol. The third-order valence-corrected chi connectivity index (χ3v) is 5.25. The Kier molecular flexibility index (Phi) is 6.47. The van der Waals surface area contributed by atoms with Crippen LogP contribution in [0, 0.1) is 16.0 Å². The maximum Gasteiger partial charge on any atom is 0.211 e. The Bertz CT molecular complexity index is 706. The Morgan fingerprint density at radius 3 is 2.22 bits per heavy atom. The van der Waals surface area contributed by atoms with Crippen molar-refractivity contribution in [2.45, 2.75) is 12.3 Å². The van der Waals surface area contributed by atoms with Crippen molar-refractivity contribution < 1.29 is 9.72 Å². The van der Waals surface area contributed by atoms with Crippen LogP contribution in [0.1, 0.15) is 17.0 Å². The summed E-state index contributed by atoms with van der Waals surface area (Å²) in [4.78, 5) is 22.4. The summed E-state index contributed by atoms with van der Waals surface area (Å²) in [7, 11) is 0. The number of nitro groups is 1. The average molecular weight is 441 g/mol. The smallest absolute Gasteiger partial charge is 0.211 e. The first-order chi connectivity index (χ1) is 11.0. The highest BCUT2D eigenvalue weighted by atomic mass is 79.9. The minimum atomic E-state index is -0.481. The van der Waals surface area contributed by atoms with Gasteiger partial charge in [0.05, 0.1) is 5.92 Å². The van der Waals surface area contributed by atoms with Gasteiger partial charge in [-0.25, -0.2) is 0 Å². The minimum Gasteiger partial charge on any atom is -0.303 e. The number of carbonyl (C=O) groups is 1. The highest BCUT2D eigenvalue weighted by molar-refractivity contribution is 9.10. The van der Waals surface area contributed by atoms with E-state index in [1.54, 1.807) is 0 Å². The lowest BCUT2D eigenvalue weighted by atomic mass is 9.83. The van der Waals surface area contributed by atoms with Crippen LogP contribution < -0.4 is 0 Å². The van der Waals surface area contributed by atoms with Crippen LogP contribution in [0.15, 0.2) is 57.5 Å². The molecule has 0 N–H and O–H groups in total. The molecule has 2 aromatic rings. The van der Waals surface area contributed by atoms with Crippen LogP contribution in [0.4, 0.5) is 0 Å². The van der Waals surface area contributed by atoms with E-state index in [-0.39, 0.29) is 11.5 Å². The maximum absolute atomic E-state index is 11.7. The Morgan fingerprint density at radius 1 is 1.04 bits per heavy atom. The molecular formula is C17H15Br2NO3. The number of aldehydes is 1. The summed E-state index contributed by atoms with van der Waals surface area (Å²) in [6, 6.07) is 14.9. The van der Waals surface area contributed by atoms with Gasteiger partial charge in [0.25, 0.3) is 0 Å². The summed E-state index contributed by atoms with van der Waals surface area (Å²) in [5, 5.41) is 11.1. The van der Waals surface area contributed by atoms with Crippen molar-refractivity contribution in [2.75, 3.05) is 6.54 Å². The molecular weight excluding hydrogens is 426 g/mol. The molecule has 2 rings (SSSR count). The largest absolute Gasteiger partial charge is 0.303 e. The van der Waals surface area contributed by atoms with Gasteiger partial charge in [-0.2, -0.15) is 0 Å². The second kappa shape index (κ2) is 8.36. The standard InChI is InChI=1S/C17H15Br2NO3/c18-16-7-3-1-5-12(16)9-13(11-21)15(10-20(22)23)14-6-2-4-8-17(14)19/h1-8,11,13,15H,9-10H2. The van der Waals surface area contributed by atoms with Gasteiger partial charge in [-0.05, 0) is 29.7 Å². The fourth-order valence-electron chi connectivity index (χ4n) is 2.60. The molecule has 0 aromatic heterocycles. The highest BCUT2D eigenvalue weighted by Gasteiger charge is 2.29. The normalized spacial score (nSPS) is 13.3. The van der Waals surface area contributed by atoms with Crippen molar-refractivity contribution in [3.05, 3.63) is 78.7 Å². The topological polar surface area (TPSA) is 60.2 Å². The van der Waals surface area contributed by atoms with Crippen LogP contribution in [0.3, 0.4) is 0 Å². The molecule has 0 saturated heterocycles. The number of hydrogen-bond acceptors (Lipinski definition) is 3. The van der Waals surface area contributed by atoms with Gasteiger partial charge in [0.2, 0.25) is 6.54 Å². The number of rotatable bonds is 7. The van der Waals surface area contributed by atoms with E-state index < -0.39 is 11.8 Å². The summed E-state index contributed by atoms with van der Waals surface area (Å²) in [6.45, 7) is -0.281. The van der Waals surface area contributed by atoms with Gasteiger partial charge >= 0.3 is 0 Å². The van der Waals surface area contributed by atoms with Crippen LogP contribution >= 0.6 is 31.9 Å². The summed E-state index contributed by atoms with van der Waals surface area (Å²) in [5.41, 5.74) is 1.75. The van der Waals surface area contributed by atoms with Crippen molar-refractivity contribution in [3.8, 4) is 0 Å². The third-order valence-electron chi connectivity index (χ3n) is 3.76. The molecule has 4 nitrogen and oxygen atoms in total. The lowest BCUT2D eigenvalue weighted by Gasteiger charge is -2.21. The molecule has 120 valence electrons. The first kappa shape index (κ1) is 17.8. The fourth-order valence-corrected chi connectivity index (χ4v) is 3.63. The molecule has 2 atom stereocenters. The average Bonchev–Trinajstić information content (AvgIpc) is 2.53. The van der Waals surface area contributed by atoms with Gasteiger partial charge in [0.1, 0.15) is 6.29 Å². The van der Waals surface area contributed by atoms with Crippen LogP contribution in [-0.2, 0) is 11.2 Å². The van der Waals surface area contributed by atoms with Crippen molar-refractivity contribution in [1.82, 2.24) is 0 Å². The van der Waals surface area contributed by atoms with E-state index >= 15 is 0 Å². The van der Waals surface area contributed by atoms with Crippen LogP contribution in [0.25, 0.3) is 0 Å². The first-order valence-electron chi connectivity index (χ1n) is 7.08. The zero-order valence-electron chi connectivity index (χ0n) is 12.2. The quantitative estimate of drug-likeness (QED) is 0.358. The summed E-state index contributed by atoms with van der Waals surface area (Å²) >= 11 is 6.90. The Hall–Kier alpha value is -1.53. The molecule has 0 bridgehead atoms. The molecule has 0 heterocycles. The number of benzene rings is 2. The zero-order chi connectivity index (χ0) is 16.8. The third kappa shape index (κ3) is 4.72. The van der Waals surface area contributed by atoms with E-state index in [1.165, 1.54) is 0 Å². The second-order valence-corrected chi connectivity index (χ2v) is 6.95. The van der Waals surface area contributed by atoms with E-state index in [1.807, 2.05) is 48.5 Å². The molecule has 23 heavy (non-hydrogen) atoms. The van der Waals surface area contributed by atoms with E-state index in [4.69, 9.17) is 0 Å². The molecule has 0 aliphatic heterocycles. The number of hydrogen-bond donors (Lipinski definition) is 0. The van der Waals surface area contributed by atoms with Crippen molar-refractivity contribution in [3.63, 3.8) is 0 Å². The van der Waals surface area contributed by atoms with Gasteiger partial charge in [0.15, 0.2) is 0 Å². The van der Waals surface area contributed by atoms with Crippen LogP contribution in [0.5, 0.6) is 0 Å². The van der Waals surface area contributed by atoms with Crippen LogP contribution in [0.2, 0.25) is 0 Å². The minimum absolute atomic E-state index is 0.281. The predicted octanol–water partition coefficient (Wildman–Crippen LogP) is 4.63. The maximum atomic E-state index is 11.7. The molecule has 0 fully saturated rings.